The maximum Gasteiger partial charge on any atom is 0.191 e. The Kier molecular flexibility index (Phi) is 6.03. The van der Waals surface area contributed by atoms with Gasteiger partial charge in [-0.15, -0.1) is 11.3 Å². The van der Waals surface area contributed by atoms with Crippen molar-refractivity contribution in [1.82, 2.24) is 10.6 Å². The van der Waals surface area contributed by atoms with E-state index in [1.54, 1.807) is 0 Å². The molecule has 1 aromatic heterocycles. The number of Topliss-reactive ketones (excluding diaryl/α,β-unsaturated/α-hetero) is 1. The fourth-order valence-electron chi connectivity index (χ4n) is 1.13. The molecule has 2 N–H and O–H groups in total. The van der Waals surface area contributed by atoms with Gasteiger partial charge in [-0.05, 0) is 30.1 Å². The summed E-state index contributed by atoms with van der Waals surface area (Å²) in [4.78, 5) is 12.4. The van der Waals surface area contributed by atoms with Crippen LogP contribution in [0.25, 0.3) is 0 Å². The maximum atomic E-state index is 11.6. The number of thiocarbonyl (C=S) groups is 1. The molecule has 0 radical (unpaired) electrons. The van der Waals surface area contributed by atoms with Crippen molar-refractivity contribution in [2.75, 3.05) is 13.1 Å². The number of rotatable bonds is 6. The molecule has 0 amide bonds. The second-order valence-corrected chi connectivity index (χ2v) is 4.72. The van der Waals surface area contributed by atoms with Crippen molar-refractivity contribution in [1.29, 1.82) is 0 Å². The van der Waals surface area contributed by atoms with Crippen LogP contribution in [0.4, 0.5) is 0 Å². The van der Waals surface area contributed by atoms with Gasteiger partial charge in [-0.3, -0.25) is 4.79 Å². The standard InChI is InChI=1S/C11H16N2OS2/c1-2-3-6-12-11(15)13-8-9(14)10-5-4-7-16-10/h4-5,7H,2-3,6,8H2,1H3,(H2,12,13,15). The molecular weight excluding hydrogens is 240 g/mol. The molecule has 1 aromatic rings. The number of unbranched alkanes of at least 4 members (excludes halogenated alkanes) is 1. The zero-order valence-corrected chi connectivity index (χ0v) is 10.9. The van der Waals surface area contributed by atoms with E-state index in [0.29, 0.717) is 5.11 Å². The van der Waals surface area contributed by atoms with Gasteiger partial charge in [0.15, 0.2) is 10.9 Å². The van der Waals surface area contributed by atoms with Gasteiger partial charge >= 0.3 is 0 Å². The molecule has 0 aliphatic rings. The zero-order valence-electron chi connectivity index (χ0n) is 9.29. The Balaban J connectivity index is 2.19. The number of nitrogens with one attached hydrogen (secondary N) is 2. The predicted octanol–water partition coefficient (Wildman–Crippen LogP) is 2.20. The van der Waals surface area contributed by atoms with Gasteiger partial charge in [0.2, 0.25) is 0 Å². The molecule has 0 unspecified atom stereocenters. The zero-order chi connectivity index (χ0) is 11.8. The first-order chi connectivity index (χ1) is 7.74. The van der Waals surface area contributed by atoms with Crippen LogP contribution >= 0.6 is 23.6 Å². The number of hydrogen-bond donors (Lipinski definition) is 2. The highest BCUT2D eigenvalue weighted by Gasteiger charge is 2.06. The highest BCUT2D eigenvalue weighted by Crippen LogP contribution is 2.08. The van der Waals surface area contributed by atoms with Gasteiger partial charge in [0, 0.05) is 6.54 Å². The minimum atomic E-state index is 0.0784. The maximum absolute atomic E-state index is 11.6. The smallest absolute Gasteiger partial charge is 0.191 e. The van der Waals surface area contributed by atoms with Gasteiger partial charge in [-0.1, -0.05) is 19.4 Å². The van der Waals surface area contributed by atoms with Gasteiger partial charge < -0.3 is 10.6 Å². The van der Waals surface area contributed by atoms with Crippen LogP contribution in [-0.2, 0) is 0 Å². The highest BCUT2D eigenvalue weighted by molar-refractivity contribution is 7.80. The Morgan fingerprint density at radius 2 is 2.31 bits per heavy atom. The van der Waals surface area contributed by atoms with Gasteiger partial charge in [-0.25, -0.2) is 0 Å². The molecule has 3 nitrogen and oxygen atoms in total. The molecule has 1 heterocycles. The number of ketones is 1. The average Bonchev–Trinajstić information content (AvgIpc) is 2.79. The lowest BCUT2D eigenvalue weighted by atomic mass is 10.3. The molecular formula is C11H16N2OS2. The molecule has 16 heavy (non-hydrogen) atoms. The minimum absolute atomic E-state index is 0.0784. The van der Waals surface area contributed by atoms with Crippen LogP contribution in [0.5, 0.6) is 0 Å². The molecule has 0 aromatic carbocycles. The van der Waals surface area contributed by atoms with E-state index in [4.69, 9.17) is 12.2 Å². The Morgan fingerprint density at radius 1 is 1.50 bits per heavy atom. The lowest BCUT2D eigenvalue weighted by Gasteiger charge is -2.08. The molecule has 88 valence electrons. The van der Waals surface area contributed by atoms with Crippen molar-refractivity contribution >= 4 is 34.5 Å². The SMILES string of the molecule is CCCCNC(=S)NCC(=O)c1cccs1. The Bertz CT molecular complexity index is 336. The number of carbonyl (C=O) groups excluding carboxylic acids is 1. The quantitative estimate of drug-likeness (QED) is 0.465. The summed E-state index contributed by atoms with van der Waals surface area (Å²) in [5.74, 6) is 0.0784. The van der Waals surface area contributed by atoms with Crippen molar-refractivity contribution in [3.8, 4) is 0 Å². The summed E-state index contributed by atoms with van der Waals surface area (Å²) < 4.78 is 0. The van der Waals surface area contributed by atoms with Crippen LogP contribution in [0.2, 0.25) is 0 Å². The normalized spacial score (nSPS) is 9.81. The minimum Gasteiger partial charge on any atom is -0.363 e. The van der Waals surface area contributed by atoms with E-state index in [-0.39, 0.29) is 12.3 Å². The first kappa shape index (κ1) is 13.1. The topological polar surface area (TPSA) is 41.1 Å². The molecule has 0 spiro atoms. The Labute approximate surface area is 105 Å². The molecule has 0 bridgehead atoms. The lowest BCUT2D eigenvalue weighted by molar-refractivity contribution is 0.1000. The summed E-state index contributed by atoms with van der Waals surface area (Å²) in [6.45, 7) is 3.24. The van der Waals surface area contributed by atoms with Crippen molar-refractivity contribution in [2.45, 2.75) is 19.8 Å². The van der Waals surface area contributed by atoms with Crippen LogP contribution < -0.4 is 10.6 Å². The van der Waals surface area contributed by atoms with Crippen molar-refractivity contribution < 1.29 is 4.79 Å². The second-order valence-electron chi connectivity index (χ2n) is 3.36. The molecule has 0 aliphatic carbocycles. The van der Waals surface area contributed by atoms with E-state index >= 15 is 0 Å². The molecule has 5 heteroatoms. The number of carbonyl (C=O) groups is 1. The largest absolute Gasteiger partial charge is 0.363 e. The van der Waals surface area contributed by atoms with Crippen LogP contribution in [0.1, 0.15) is 29.4 Å². The third kappa shape index (κ3) is 4.72. The van der Waals surface area contributed by atoms with Gasteiger partial charge in [-0.2, -0.15) is 0 Å². The fraction of sp³-hybridized carbons (Fsp3) is 0.455. The first-order valence-corrected chi connectivity index (χ1v) is 6.61. The van der Waals surface area contributed by atoms with Crippen LogP contribution in [0, 0.1) is 0 Å². The molecule has 0 saturated heterocycles. The van der Waals surface area contributed by atoms with E-state index in [2.05, 4.69) is 17.6 Å². The molecule has 1 rings (SSSR count). The van der Waals surface area contributed by atoms with E-state index < -0.39 is 0 Å². The van der Waals surface area contributed by atoms with E-state index in [1.807, 2.05) is 17.5 Å². The van der Waals surface area contributed by atoms with Crippen LogP contribution in [0.3, 0.4) is 0 Å². The van der Waals surface area contributed by atoms with Crippen molar-refractivity contribution in [3.05, 3.63) is 22.4 Å². The van der Waals surface area contributed by atoms with E-state index in [1.165, 1.54) is 11.3 Å². The summed E-state index contributed by atoms with van der Waals surface area (Å²) in [7, 11) is 0. The number of hydrogen-bond acceptors (Lipinski definition) is 3. The fourth-order valence-corrected chi connectivity index (χ4v) is 1.96. The molecule has 0 saturated carbocycles. The Hall–Kier alpha value is -0.940. The first-order valence-electron chi connectivity index (χ1n) is 5.32. The molecule has 0 aliphatic heterocycles. The van der Waals surface area contributed by atoms with E-state index in [9.17, 15) is 4.79 Å². The summed E-state index contributed by atoms with van der Waals surface area (Å²) in [5, 5.41) is 8.41. The molecule has 0 atom stereocenters. The van der Waals surface area contributed by atoms with Crippen molar-refractivity contribution in [2.24, 2.45) is 0 Å². The summed E-state index contributed by atoms with van der Waals surface area (Å²) >= 11 is 6.50. The second kappa shape index (κ2) is 7.35. The Morgan fingerprint density at radius 3 is 2.94 bits per heavy atom. The van der Waals surface area contributed by atoms with E-state index in [0.717, 1.165) is 24.3 Å². The predicted molar refractivity (Wildman–Crippen MR) is 72.2 cm³/mol. The third-order valence-electron chi connectivity index (χ3n) is 2.02. The summed E-state index contributed by atoms with van der Waals surface area (Å²) in [6, 6.07) is 3.69. The highest BCUT2D eigenvalue weighted by atomic mass is 32.1. The summed E-state index contributed by atoms with van der Waals surface area (Å²) in [6.07, 6.45) is 2.21. The van der Waals surface area contributed by atoms with Gasteiger partial charge in [0.05, 0.1) is 11.4 Å². The monoisotopic (exact) mass is 256 g/mol. The van der Waals surface area contributed by atoms with Gasteiger partial charge in [0.1, 0.15) is 0 Å². The third-order valence-corrected chi connectivity index (χ3v) is 3.22. The van der Waals surface area contributed by atoms with Gasteiger partial charge in [0.25, 0.3) is 0 Å². The average molecular weight is 256 g/mol. The molecule has 0 fully saturated rings. The van der Waals surface area contributed by atoms with Crippen LogP contribution in [-0.4, -0.2) is 24.0 Å². The summed E-state index contributed by atoms with van der Waals surface area (Å²) in [5.41, 5.74) is 0. The van der Waals surface area contributed by atoms with Crippen LogP contribution in [0.15, 0.2) is 17.5 Å². The lowest BCUT2D eigenvalue weighted by Crippen LogP contribution is -2.38. The van der Waals surface area contributed by atoms with Crippen molar-refractivity contribution in [3.63, 3.8) is 0 Å². The number of thiophene rings is 1.